The van der Waals surface area contributed by atoms with Crippen LogP contribution in [0, 0.1) is 0 Å². The Bertz CT molecular complexity index is 806. The van der Waals surface area contributed by atoms with Crippen LogP contribution in [0.3, 0.4) is 0 Å². The van der Waals surface area contributed by atoms with E-state index in [1.807, 2.05) is 0 Å². The molecule has 1 aliphatic carbocycles. The predicted octanol–water partition coefficient (Wildman–Crippen LogP) is -0.974. The van der Waals surface area contributed by atoms with Crippen molar-refractivity contribution in [3.63, 3.8) is 0 Å². The van der Waals surface area contributed by atoms with Crippen LogP contribution in [0.4, 0.5) is 0 Å². The molecule has 5 N–H and O–H groups in total. The van der Waals surface area contributed by atoms with Gasteiger partial charge in [-0.2, -0.15) is 0 Å². The molecule has 0 aliphatic heterocycles. The van der Waals surface area contributed by atoms with Gasteiger partial charge in [-0.1, -0.05) is 11.6 Å². The van der Waals surface area contributed by atoms with Gasteiger partial charge >= 0.3 is 0 Å². The minimum Gasteiger partial charge on any atom is -0.510 e. The quantitative estimate of drug-likeness (QED) is 0.357. The molecule has 9 nitrogen and oxygen atoms in total. The summed E-state index contributed by atoms with van der Waals surface area (Å²) < 4.78 is 31.7. The highest BCUT2D eigenvalue weighted by Crippen LogP contribution is 2.23. The van der Waals surface area contributed by atoms with Crippen LogP contribution >= 0.6 is 0 Å². The van der Waals surface area contributed by atoms with Gasteiger partial charge in [0.05, 0.1) is 0 Å². The molecule has 0 aromatic heterocycles. The van der Waals surface area contributed by atoms with Crippen LogP contribution in [0.1, 0.15) is 28.5 Å². The fourth-order valence-electron chi connectivity index (χ4n) is 2.12. The molecule has 26 heavy (non-hydrogen) atoms. The summed E-state index contributed by atoms with van der Waals surface area (Å²) in [6.45, 7) is 2.52. The normalized spacial score (nSPS) is 20.2. The van der Waals surface area contributed by atoms with Crippen molar-refractivity contribution >= 4 is 20.7 Å². The number of aliphatic hydroxyl groups is 5. The number of hydrogen-bond donors (Lipinski definition) is 5. The van der Waals surface area contributed by atoms with Gasteiger partial charge in [-0.15, -0.1) is 0 Å². The highest BCUT2D eigenvalue weighted by molar-refractivity contribution is 8.10. The van der Waals surface area contributed by atoms with E-state index in [1.165, 1.54) is 19.9 Å². The largest absolute Gasteiger partial charge is 0.510 e. The first-order chi connectivity index (χ1) is 12.4. The summed E-state index contributed by atoms with van der Waals surface area (Å²) in [6.07, 6.45) is -7.84. The van der Waals surface area contributed by atoms with E-state index in [2.05, 4.69) is 0 Å². The Morgan fingerprint density at radius 1 is 1.12 bits per heavy atom. The van der Waals surface area contributed by atoms with Crippen molar-refractivity contribution in [3.05, 3.63) is 34.0 Å². The van der Waals surface area contributed by atoms with E-state index in [9.17, 15) is 43.5 Å². The van der Waals surface area contributed by atoms with Gasteiger partial charge in [0.25, 0.3) is 5.12 Å². The Hall–Kier alpha value is -1.85. The molecule has 0 saturated carbocycles. The fourth-order valence-corrected chi connectivity index (χ4v) is 3.41. The second kappa shape index (κ2) is 8.23. The zero-order chi connectivity index (χ0) is 21.1. The molecule has 1 aliphatic rings. The first-order valence-electron chi connectivity index (χ1n) is 8.16. The molecule has 0 fully saturated rings. The highest BCUT2D eigenvalue weighted by atomic mass is 32.2. The molecule has 0 spiro atoms. The van der Waals surface area contributed by atoms with E-state index in [0.29, 0.717) is 5.57 Å². The molecule has 0 saturated heterocycles. The summed E-state index contributed by atoms with van der Waals surface area (Å²) in [6, 6.07) is 0. The molecule has 0 amide bonds. The van der Waals surface area contributed by atoms with Gasteiger partial charge in [-0.25, -0.2) is 8.42 Å². The molecule has 0 unspecified atom stereocenters. The number of hydrogen-bond acceptors (Lipinski definition) is 9. The third kappa shape index (κ3) is 4.46. The molecule has 0 bridgehead atoms. The Labute approximate surface area is 151 Å². The first-order valence-corrected chi connectivity index (χ1v) is 8.94. The molecule has 0 heterocycles. The maximum atomic E-state index is 12.3. The monoisotopic (exact) mass is 391 g/mol. The average molecular weight is 391 g/mol. The van der Waals surface area contributed by atoms with Crippen molar-refractivity contribution in [2.24, 2.45) is 0 Å². The molecule has 0 aromatic rings. The molecule has 0 radical (unpaired) electrons. The molecule has 0 aromatic carbocycles. The van der Waals surface area contributed by atoms with Crippen LogP contribution in [-0.2, 0) is 19.4 Å². The van der Waals surface area contributed by atoms with Gasteiger partial charge in [0.2, 0.25) is 9.84 Å². The number of allylic oxidation sites excluding steroid dienone is 5. The highest BCUT2D eigenvalue weighted by Gasteiger charge is 2.43. The third-order valence-corrected chi connectivity index (χ3v) is 5.43. The van der Waals surface area contributed by atoms with Gasteiger partial charge in [0, 0.05) is 7.79 Å². The Morgan fingerprint density at radius 3 is 2.12 bits per heavy atom. The van der Waals surface area contributed by atoms with Crippen molar-refractivity contribution in [1.82, 2.24) is 0 Å². The van der Waals surface area contributed by atoms with E-state index in [-0.39, 0.29) is 18.9 Å². The lowest BCUT2D eigenvalue weighted by molar-refractivity contribution is -0.137. The van der Waals surface area contributed by atoms with Crippen molar-refractivity contribution in [2.45, 2.75) is 51.6 Å². The maximum Gasteiger partial charge on any atom is 0.282 e. The van der Waals surface area contributed by atoms with E-state index >= 15 is 0 Å². The van der Waals surface area contributed by atoms with Crippen LogP contribution in [0.2, 0.25) is 0 Å². The van der Waals surface area contributed by atoms with E-state index in [1.54, 1.807) is 0 Å². The molecular weight excluding hydrogens is 368 g/mol. The molecular formula is C16H22O9S. The predicted molar refractivity (Wildman–Crippen MR) is 90.4 cm³/mol. The smallest absolute Gasteiger partial charge is 0.282 e. The summed E-state index contributed by atoms with van der Waals surface area (Å²) in [5, 5.41) is 46.9. The molecule has 1 rings (SSSR count). The molecule has 4 atom stereocenters. The number of aliphatic hydroxyl groups excluding tert-OH is 5. The van der Waals surface area contributed by atoms with Gasteiger partial charge in [0.15, 0.2) is 11.9 Å². The standard InChI is InChI=1S/C16H22O9S/c1-7(2)11(18)12(19)13(20)14(21)15(22)16(23)26(24,25)10-5-4-8(3)6-9(10)17/h4-5,12-15,18-22H,6H2,1-3H3/t12-,13-,14+,15-/m1/s1/i3D. The Morgan fingerprint density at radius 2 is 1.65 bits per heavy atom. The molecule has 10 heteroatoms. The lowest BCUT2D eigenvalue weighted by atomic mass is 10.0. The van der Waals surface area contributed by atoms with Crippen molar-refractivity contribution in [2.75, 3.05) is 0 Å². The summed E-state index contributed by atoms with van der Waals surface area (Å²) in [5.74, 6) is -1.67. The van der Waals surface area contributed by atoms with Crippen LogP contribution in [0.15, 0.2) is 34.0 Å². The lowest BCUT2D eigenvalue weighted by Gasteiger charge is -2.26. The Balaban J connectivity index is 3.10. The van der Waals surface area contributed by atoms with E-state index in [4.69, 9.17) is 1.37 Å². The van der Waals surface area contributed by atoms with Gasteiger partial charge in [-0.3, -0.25) is 9.59 Å². The summed E-state index contributed by atoms with van der Waals surface area (Å²) in [7, 11) is -4.99. The summed E-state index contributed by atoms with van der Waals surface area (Å²) in [5.41, 5.74) is 0.514. The summed E-state index contributed by atoms with van der Waals surface area (Å²) >= 11 is 0. The Kier molecular flexibility index (Phi) is 6.48. The summed E-state index contributed by atoms with van der Waals surface area (Å²) in [4.78, 5) is 23.1. The topological polar surface area (TPSA) is 169 Å². The minimum atomic E-state index is -4.99. The van der Waals surface area contributed by atoms with E-state index < -0.39 is 55.8 Å². The van der Waals surface area contributed by atoms with Crippen LogP contribution in [0.5, 0.6) is 0 Å². The number of ketones is 1. The van der Waals surface area contributed by atoms with Crippen LogP contribution in [0.25, 0.3) is 0 Å². The van der Waals surface area contributed by atoms with Crippen molar-refractivity contribution in [1.29, 1.82) is 0 Å². The molecule has 146 valence electrons. The average Bonchev–Trinajstić information content (AvgIpc) is 2.63. The van der Waals surface area contributed by atoms with Gasteiger partial charge in [0.1, 0.15) is 29.0 Å². The minimum absolute atomic E-state index is 0.178. The van der Waals surface area contributed by atoms with Crippen molar-refractivity contribution in [3.8, 4) is 0 Å². The zero-order valence-corrected chi connectivity index (χ0v) is 15.0. The van der Waals surface area contributed by atoms with Gasteiger partial charge < -0.3 is 25.5 Å². The van der Waals surface area contributed by atoms with Gasteiger partial charge in [-0.05, 0) is 32.4 Å². The zero-order valence-electron chi connectivity index (χ0n) is 15.2. The van der Waals surface area contributed by atoms with Crippen molar-refractivity contribution < 1.29 is 44.9 Å². The third-order valence-electron chi connectivity index (χ3n) is 3.72. The van der Waals surface area contributed by atoms with Crippen LogP contribution < -0.4 is 0 Å². The number of rotatable bonds is 6. The van der Waals surface area contributed by atoms with E-state index in [0.717, 1.165) is 6.08 Å². The fraction of sp³-hybridized carbons (Fsp3) is 0.500. The second-order valence-electron chi connectivity index (χ2n) is 6.03. The first kappa shape index (κ1) is 20.5. The second-order valence-corrected chi connectivity index (χ2v) is 7.88. The number of carbonyl (C=O) groups excluding carboxylic acids is 2. The number of sulfone groups is 1. The maximum absolute atomic E-state index is 12.3. The number of Topliss-reactive ketones (excluding diaryl/α,β-unsaturated/α-hetero) is 1. The number of carbonyl (C=O) groups is 2. The lowest BCUT2D eigenvalue weighted by Crippen LogP contribution is -2.50. The SMILES string of the molecule is [2H]CC1=CC=C(S(=O)(=O)C(=O)[C@H](O)[C@@H](O)[C@H](O)[C@H](O)C(O)=C(C)C)C(=O)C1. The van der Waals surface area contributed by atoms with Crippen LogP contribution in [-0.4, -0.2) is 69.3 Å².